The number of alkyl halides is 3. The number of ether oxygens (including phenoxy) is 3. The third-order valence-corrected chi connectivity index (χ3v) is 8.10. The standard InChI is InChI=1S/C29H39BrF3N5O4/c1-7-19-15-20-22(23(21(19)30)41-18-29(31,32)33)34-25(40-14-8-11-36(5)6)35-24(20)37-12-9-28(10-13-37)16-38(17-28)26(39)42-27(2,3)4/h7,15H,1,8-14,16-18H2,2-6H3. The zero-order valence-electron chi connectivity index (χ0n) is 24.8. The van der Waals surface area contributed by atoms with Crippen molar-refractivity contribution in [1.29, 1.82) is 0 Å². The number of aromatic nitrogens is 2. The van der Waals surface area contributed by atoms with Crippen molar-refractivity contribution in [1.82, 2.24) is 19.8 Å². The number of amides is 1. The molecule has 1 aromatic carbocycles. The van der Waals surface area contributed by atoms with Crippen LogP contribution in [0.2, 0.25) is 0 Å². The summed E-state index contributed by atoms with van der Waals surface area (Å²) in [5.74, 6) is 0.523. The smallest absolute Gasteiger partial charge is 0.422 e. The Morgan fingerprint density at radius 2 is 1.83 bits per heavy atom. The van der Waals surface area contributed by atoms with E-state index in [1.807, 2.05) is 39.8 Å². The molecule has 2 fully saturated rings. The number of hydrogen-bond donors (Lipinski definition) is 0. The van der Waals surface area contributed by atoms with Gasteiger partial charge in [-0.1, -0.05) is 12.7 Å². The van der Waals surface area contributed by atoms with Crippen molar-refractivity contribution in [2.45, 2.75) is 51.8 Å². The largest absolute Gasteiger partial charge is 0.481 e. The molecule has 0 N–H and O–H groups in total. The van der Waals surface area contributed by atoms with Gasteiger partial charge >= 0.3 is 18.3 Å². The fourth-order valence-electron chi connectivity index (χ4n) is 5.21. The van der Waals surface area contributed by atoms with Crippen LogP contribution in [0.1, 0.15) is 45.6 Å². The van der Waals surface area contributed by atoms with Gasteiger partial charge in [-0.05, 0) is 81.7 Å². The first-order valence-corrected chi connectivity index (χ1v) is 14.8. The molecule has 0 radical (unpaired) electrons. The summed E-state index contributed by atoms with van der Waals surface area (Å²) < 4.78 is 56.6. The highest BCUT2D eigenvalue weighted by atomic mass is 79.9. The first-order chi connectivity index (χ1) is 19.6. The fraction of sp³-hybridized carbons (Fsp3) is 0.621. The van der Waals surface area contributed by atoms with Crippen LogP contribution in [0.15, 0.2) is 17.1 Å². The van der Waals surface area contributed by atoms with E-state index in [2.05, 4.69) is 32.4 Å². The first-order valence-electron chi connectivity index (χ1n) is 14.0. The monoisotopic (exact) mass is 657 g/mol. The van der Waals surface area contributed by atoms with Crippen LogP contribution < -0.4 is 14.4 Å². The Bertz CT molecular complexity index is 1300. The number of fused-ring (bicyclic) bond motifs is 1. The van der Waals surface area contributed by atoms with Gasteiger partial charge < -0.3 is 28.9 Å². The van der Waals surface area contributed by atoms with E-state index < -0.39 is 18.4 Å². The second-order valence-electron chi connectivity index (χ2n) is 12.3. The van der Waals surface area contributed by atoms with Crippen LogP contribution in [-0.4, -0.2) is 97.7 Å². The second-order valence-corrected chi connectivity index (χ2v) is 13.1. The number of hydrogen-bond acceptors (Lipinski definition) is 8. The number of piperidine rings is 1. The summed E-state index contributed by atoms with van der Waals surface area (Å²) in [4.78, 5) is 27.6. The second kappa shape index (κ2) is 12.4. The normalized spacial score (nSPS) is 17.0. The third-order valence-electron chi connectivity index (χ3n) is 7.28. The van der Waals surface area contributed by atoms with Gasteiger partial charge in [-0.3, -0.25) is 0 Å². The lowest BCUT2D eigenvalue weighted by Crippen LogP contribution is -2.62. The van der Waals surface area contributed by atoms with Crippen LogP contribution in [0.3, 0.4) is 0 Å². The van der Waals surface area contributed by atoms with Crippen LogP contribution in [-0.2, 0) is 4.74 Å². The zero-order chi connectivity index (χ0) is 30.9. The van der Waals surface area contributed by atoms with Gasteiger partial charge in [-0.2, -0.15) is 23.1 Å². The summed E-state index contributed by atoms with van der Waals surface area (Å²) in [6.07, 6.45) is -0.931. The minimum atomic E-state index is -4.53. The van der Waals surface area contributed by atoms with E-state index in [9.17, 15) is 18.0 Å². The van der Waals surface area contributed by atoms with Crippen LogP contribution in [0, 0.1) is 5.41 Å². The van der Waals surface area contributed by atoms with E-state index in [0.717, 1.165) is 25.8 Å². The lowest BCUT2D eigenvalue weighted by atomic mass is 9.72. The number of rotatable bonds is 9. The SMILES string of the molecule is C=Cc1cc2c(N3CCC4(CC3)CN(C(=O)OC(C)(C)C)C4)nc(OCCCN(C)C)nc2c(OCC(F)(F)F)c1Br. The number of halogens is 4. The third kappa shape index (κ3) is 7.77. The molecule has 0 unspecified atom stereocenters. The number of nitrogens with zero attached hydrogens (tertiary/aromatic N) is 5. The number of likely N-dealkylation sites (tertiary alicyclic amines) is 1. The molecule has 0 saturated carbocycles. The van der Waals surface area contributed by atoms with Crippen LogP contribution in [0.4, 0.5) is 23.8 Å². The Kier molecular flexibility index (Phi) is 9.51. The zero-order valence-corrected chi connectivity index (χ0v) is 26.4. The average Bonchev–Trinajstić information content (AvgIpc) is 2.87. The summed E-state index contributed by atoms with van der Waals surface area (Å²) in [6, 6.07) is 1.88. The van der Waals surface area contributed by atoms with Crippen LogP contribution in [0.5, 0.6) is 11.8 Å². The Hall–Kier alpha value is -2.80. The van der Waals surface area contributed by atoms with Crippen molar-refractivity contribution in [2.75, 3.05) is 64.9 Å². The number of benzene rings is 1. The van der Waals surface area contributed by atoms with Crippen molar-refractivity contribution < 1.29 is 32.2 Å². The maximum atomic E-state index is 13.2. The number of carbonyl (C=O) groups excluding carboxylic acids is 1. The van der Waals surface area contributed by atoms with Gasteiger partial charge in [0.25, 0.3) is 0 Å². The lowest BCUT2D eigenvalue weighted by Gasteiger charge is -2.53. The molecule has 2 aliphatic heterocycles. The van der Waals surface area contributed by atoms with Crippen molar-refractivity contribution in [2.24, 2.45) is 5.41 Å². The first kappa shape index (κ1) is 32.1. The van der Waals surface area contributed by atoms with Crippen LogP contribution in [0.25, 0.3) is 17.0 Å². The summed E-state index contributed by atoms with van der Waals surface area (Å²) >= 11 is 3.40. The molecular weight excluding hydrogens is 619 g/mol. The molecule has 3 heterocycles. The highest BCUT2D eigenvalue weighted by Crippen LogP contribution is 2.45. The van der Waals surface area contributed by atoms with E-state index in [1.165, 1.54) is 0 Å². The summed E-state index contributed by atoms with van der Waals surface area (Å²) in [5.41, 5.74) is 0.234. The van der Waals surface area contributed by atoms with Gasteiger partial charge in [0.15, 0.2) is 12.4 Å². The van der Waals surface area contributed by atoms with Gasteiger partial charge in [0.2, 0.25) is 0 Å². The van der Waals surface area contributed by atoms with Crippen molar-refractivity contribution in [3.8, 4) is 11.8 Å². The Labute approximate surface area is 253 Å². The van der Waals surface area contributed by atoms with E-state index in [0.29, 0.717) is 54.0 Å². The van der Waals surface area contributed by atoms with Gasteiger partial charge in [0.05, 0.1) is 11.1 Å². The molecule has 2 aliphatic rings. The van der Waals surface area contributed by atoms with Crippen molar-refractivity contribution >= 4 is 44.8 Å². The molecule has 0 atom stereocenters. The van der Waals surface area contributed by atoms with E-state index in [4.69, 9.17) is 19.2 Å². The van der Waals surface area contributed by atoms with Gasteiger partial charge in [0, 0.05) is 43.5 Å². The molecule has 9 nitrogen and oxygen atoms in total. The van der Waals surface area contributed by atoms with Gasteiger partial charge in [-0.25, -0.2) is 4.79 Å². The Morgan fingerprint density at radius 1 is 1.17 bits per heavy atom. The quantitative estimate of drug-likeness (QED) is 0.298. The molecule has 13 heteroatoms. The highest BCUT2D eigenvalue weighted by Gasteiger charge is 2.48. The Morgan fingerprint density at radius 3 is 2.40 bits per heavy atom. The molecule has 0 bridgehead atoms. The average molecular weight is 659 g/mol. The molecule has 1 amide bonds. The molecule has 2 aromatic rings. The summed E-state index contributed by atoms with van der Waals surface area (Å²) in [6.45, 7) is 11.6. The summed E-state index contributed by atoms with van der Waals surface area (Å²) in [5, 5.41) is 0.547. The van der Waals surface area contributed by atoms with E-state index in [1.54, 1.807) is 17.0 Å². The molecule has 232 valence electrons. The van der Waals surface area contributed by atoms with E-state index >= 15 is 0 Å². The van der Waals surface area contributed by atoms with Gasteiger partial charge in [-0.15, -0.1) is 0 Å². The highest BCUT2D eigenvalue weighted by molar-refractivity contribution is 9.10. The topological polar surface area (TPSA) is 80.3 Å². The van der Waals surface area contributed by atoms with Gasteiger partial charge in [0.1, 0.15) is 16.9 Å². The molecule has 1 spiro atoms. The van der Waals surface area contributed by atoms with Crippen molar-refractivity contribution in [3.63, 3.8) is 0 Å². The Balaban J connectivity index is 1.62. The minimum absolute atomic E-state index is 0.00195. The molecule has 1 aromatic heterocycles. The lowest BCUT2D eigenvalue weighted by molar-refractivity contribution is -0.153. The fourth-order valence-corrected chi connectivity index (χ4v) is 5.79. The number of anilines is 1. The van der Waals surface area contributed by atoms with E-state index in [-0.39, 0.29) is 28.8 Å². The predicted octanol–water partition coefficient (Wildman–Crippen LogP) is 6.14. The molecular formula is C29H39BrF3N5O4. The molecule has 2 saturated heterocycles. The molecule has 4 rings (SSSR count). The maximum Gasteiger partial charge on any atom is 0.422 e. The maximum absolute atomic E-state index is 13.2. The molecule has 42 heavy (non-hydrogen) atoms. The van der Waals surface area contributed by atoms with Crippen molar-refractivity contribution in [3.05, 3.63) is 22.7 Å². The number of carbonyl (C=O) groups is 1. The predicted molar refractivity (Wildman–Crippen MR) is 159 cm³/mol. The molecule has 0 aliphatic carbocycles. The van der Waals surface area contributed by atoms with Crippen LogP contribution >= 0.6 is 15.9 Å². The minimum Gasteiger partial charge on any atom is -0.481 e. The summed E-state index contributed by atoms with van der Waals surface area (Å²) in [7, 11) is 3.92.